The summed E-state index contributed by atoms with van der Waals surface area (Å²) in [5.74, 6) is 0.0417. The Morgan fingerprint density at radius 3 is 2.35 bits per heavy atom. The standard InChI is InChI=1S/C14H22N2O6S/c1-20-9-10-6-11(17)4-5-12(10)15-23(18,19)16-7-13(21-2)14(8-16)22-3/h4-6,13-15,17H,7-9H2,1-3H3/t13-,14-/m1/s1. The summed E-state index contributed by atoms with van der Waals surface area (Å²) in [6, 6.07) is 4.37. The van der Waals surface area contributed by atoms with Gasteiger partial charge in [-0.25, -0.2) is 0 Å². The largest absolute Gasteiger partial charge is 0.508 e. The van der Waals surface area contributed by atoms with Crippen LogP contribution in [0.3, 0.4) is 0 Å². The number of nitrogens with one attached hydrogen (secondary N) is 1. The van der Waals surface area contributed by atoms with Crippen molar-refractivity contribution >= 4 is 15.9 Å². The highest BCUT2D eigenvalue weighted by atomic mass is 32.2. The first kappa shape index (κ1) is 18.0. The van der Waals surface area contributed by atoms with Crippen LogP contribution in [0.25, 0.3) is 0 Å². The molecule has 1 aromatic rings. The second kappa shape index (κ2) is 7.45. The molecule has 2 atom stereocenters. The van der Waals surface area contributed by atoms with Crippen molar-refractivity contribution in [2.24, 2.45) is 0 Å². The van der Waals surface area contributed by atoms with E-state index in [-0.39, 0.29) is 37.7 Å². The van der Waals surface area contributed by atoms with Crippen molar-refractivity contribution in [3.8, 4) is 5.75 Å². The molecule has 0 spiro atoms. The third-order valence-electron chi connectivity index (χ3n) is 3.75. The van der Waals surface area contributed by atoms with Gasteiger partial charge in [-0.3, -0.25) is 4.72 Å². The number of anilines is 1. The van der Waals surface area contributed by atoms with Gasteiger partial charge >= 0.3 is 10.2 Å². The highest BCUT2D eigenvalue weighted by Crippen LogP contribution is 2.25. The Balaban J connectivity index is 2.19. The lowest BCUT2D eigenvalue weighted by atomic mass is 10.2. The van der Waals surface area contributed by atoms with E-state index < -0.39 is 10.2 Å². The van der Waals surface area contributed by atoms with Crippen molar-refractivity contribution in [2.75, 3.05) is 39.1 Å². The molecule has 1 aliphatic rings. The molecule has 8 nitrogen and oxygen atoms in total. The highest BCUT2D eigenvalue weighted by molar-refractivity contribution is 7.90. The second-order valence-electron chi connectivity index (χ2n) is 5.25. The van der Waals surface area contributed by atoms with Crippen LogP contribution in [0.1, 0.15) is 5.56 Å². The van der Waals surface area contributed by atoms with E-state index in [2.05, 4.69) is 4.72 Å². The van der Waals surface area contributed by atoms with Crippen LogP contribution < -0.4 is 4.72 Å². The molecular weight excluding hydrogens is 324 g/mol. The molecule has 1 aliphatic heterocycles. The Labute approximate surface area is 136 Å². The minimum absolute atomic E-state index is 0.0417. The zero-order valence-electron chi connectivity index (χ0n) is 13.4. The van der Waals surface area contributed by atoms with Crippen LogP contribution in [0.2, 0.25) is 0 Å². The molecule has 2 rings (SSSR count). The van der Waals surface area contributed by atoms with Gasteiger partial charge in [0.2, 0.25) is 0 Å². The molecular formula is C14H22N2O6S. The Bertz CT molecular complexity index is 624. The summed E-state index contributed by atoms with van der Waals surface area (Å²) >= 11 is 0. The fraction of sp³-hybridized carbons (Fsp3) is 0.571. The summed E-state index contributed by atoms with van der Waals surface area (Å²) in [5.41, 5.74) is 0.904. The van der Waals surface area contributed by atoms with Crippen LogP contribution in [0.4, 0.5) is 5.69 Å². The van der Waals surface area contributed by atoms with Gasteiger partial charge in [-0.1, -0.05) is 0 Å². The van der Waals surface area contributed by atoms with Gasteiger partial charge in [0.05, 0.1) is 24.5 Å². The van der Waals surface area contributed by atoms with Gasteiger partial charge in [-0.05, 0) is 18.2 Å². The number of hydrogen-bond acceptors (Lipinski definition) is 6. The zero-order chi connectivity index (χ0) is 17.0. The maximum absolute atomic E-state index is 12.6. The molecule has 0 radical (unpaired) electrons. The van der Waals surface area contributed by atoms with Crippen molar-refractivity contribution in [3.63, 3.8) is 0 Å². The summed E-state index contributed by atoms with van der Waals surface area (Å²) in [4.78, 5) is 0. The Morgan fingerprint density at radius 2 is 1.83 bits per heavy atom. The van der Waals surface area contributed by atoms with Crippen LogP contribution in [-0.4, -0.2) is 64.5 Å². The molecule has 130 valence electrons. The number of ether oxygens (including phenoxy) is 3. The van der Waals surface area contributed by atoms with Crippen molar-refractivity contribution in [2.45, 2.75) is 18.8 Å². The van der Waals surface area contributed by atoms with Crippen molar-refractivity contribution in [1.82, 2.24) is 4.31 Å². The van der Waals surface area contributed by atoms with E-state index in [1.807, 2.05) is 0 Å². The maximum Gasteiger partial charge on any atom is 0.301 e. The van der Waals surface area contributed by atoms with Gasteiger partial charge in [-0.2, -0.15) is 12.7 Å². The summed E-state index contributed by atoms with van der Waals surface area (Å²) in [6.07, 6.45) is -0.621. The molecule has 1 heterocycles. The van der Waals surface area contributed by atoms with Gasteiger partial charge in [0.1, 0.15) is 5.75 Å². The van der Waals surface area contributed by atoms with E-state index in [9.17, 15) is 13.5 Å². The first-order valence-electron chi connectivity index (χ1n) is 7.05. The van der Waals surface area contributed by atoms with E-state index in [0.717, 1.165) is 0 Å². The number of phenols is 1. The SMILES string of the molecule is COCc1cc(O)ccc1NS(=O)(=O)N1C[C@@H](OC)[C@H](OC)C1. The molecule has 2 N–H and O–H groups in total. The number of benzene rings is 1. The number of phenolic OH excluding ortho intramolecular Hbond substituents is 1. The number of aromatic hydroxyl groups is 1. The van der Waals surface area contributed by atoms with Gasteiger partial charge in [0.15, 0.2) is 0 Å². The third-order valence-corrected chi connectivity index (χ3v) is 5.21. The van der Waals surface area contributed by atoms with E-state index in [1.165, 1.54) is 43.8 Å². The van der Waals surface area contributed by atoms with Crippen molar-refractivity contribution < 1.29 is 27.7 Å². The van der Waals surface area contributed by atoms with Crippen LogP contribution in [0.15, 0.2) is 18.2 Å². The lowest BCUT2D eigenvalue weighted by Gasteiger charge is -2.19. The maximum atomic E-state index is 12.6. The summed E-state index contributed by atoms with van der Waals surface area (Å²) in [5, 5.41) is 9.53. The quantitative estimate of drug-likeness (QED) is 0.700. The molecule has 0 amide bonds. The van der Waals surface area contributed by atoms with Crippen LogP contribution in [-0.2, 0) is 31.0 Å². The van der Waals surface area contributed by atoms with Gasteiger partial charge in [-0.15, -0.1) is 0 Å². The van der Waals surface area contributed by atoms with Crippen LogP contribution in [0.5, 0.6) is 5.75 Å². The third kappa shape index (κ3) is 4.12. The summed E-state index contributed by atoms with van der Waals surface area (Å²) < 4.78 is 44.5. The number of methoxy groups -OCH3 is 3. The number of hydrogen-bond donors (Lipinski definition) is 2. The van der Waals surface area contributed by atoms with E-state index in [0.29, 0.717) is 11.3 Å². The zero-order valence-corrected chi connectivity index (χ0v) is 14.2. The smallest absolute Gasteiger partial charge is 0.301 e. The molecule has 0 saturated carbocycles. The Hall–Kier alpha value is -1.39. The molecule has 9 heteroatoms. The number of nitrogens with zero attached hydrogens (tertiary/aromatic N) is 1. The first-order chi connectivity index (χ1) is 10.9. The fourth-order valence-corrected chi connectivity index (χ4v) is 3.81. The Morgan fingerprint density at radius 1 is 1.22 bits per heavy atom. The summed E-state index contributed by atoms with van der Waals surface area (Å²) in [6.45, 7) is 0.595. The van der Waals surface area contributed by atoms with E-state index >= 15 is 0 Å². The number of rotatable bonds is 7. The summed E-state index contributed by atoms with van der Waals surface area (Å²) in [7, 11) is 0.778. The first-order valence-corrected chi connectivity index (χ1v) is 8.49. The normalized spacial score (nSPS) is 22.4. The molecule has 0 aliphatic carbocycles. The van der Waals surface area contributed by atoms with E-state index in [1.54, 1.807) is 0 Å². The average molecular weight is 346 g/mol. The van der Waals surface area contributed by atoms with Crippen LogP contribution in [0, 0.1) is 0 Å². The molecule has 1 saturated heterocycles. The van der Waals surface area contributed by atoms with Crippen molar-refractivity contribution in [3.05, 3.63) is 23.8 Å². The lowest BCUT2D eigenvalue weighted by Crippen LogP contribution is -2.35. The second-order valence-corrected chi connectivity index (χ2v) is 6.92. The fourth-order valence-electron chi connectivity index (χ4n) is 2.52. The van der Waals surface area contributed by atoms with Crippen molar-refractivity contribution in [1.29, 1.82) is 0 Å². The molecule has 1 aromatic carbocycles. The van der Waals surface area contributed by atoms with E-state index in [4.69, 9.17) is 14.2 Å². The topological polar surface area (TPSA) is 97.3 Å². The van der Waals surface area contributed by atoms with Gasteiger partial charge in [0.25, 0.3) is 0 Å². The van der Waals surface area contributed by atoms with Crippen LogP contribution >= 0.6 is 0 Å². The van der Waals surface area contributed by atoms with Gasteiger partial charge < -0.3 is 19.3 Å². The molecule has 0 bridgehead atoms. The minimum atomic E-state index is -3.77. The molecule has 0 unspecified atom stereocenters. The average Bonchev–Trinajstić information content (AvgIpc) is 2.94. The minimum Gasteiger partial charge on any atom is -0.508 e. The Kier molecular flexibility index (Phi) is 5.82. The lowest BCUT2D eigenvalue weighted by molar-refractivity contribution is -0.00461. The monoisotopic (exact) mass is 346 g/mol. The molecule has 23 heavy (non-hydrogen) atoms. The highest BCUT2D eigenvalue weighted by Gasteiger charge is 2.39. The molecule has 1 fully saturated rings. The van der Waals surface area contributed by atoms with Gasteiger partial charge in [0, 0.05) is 40.0 Å². The predicted octanol–water partition coefficient (Wildman–Crippen LogP) is 0.541. The molecule has 0 aromatic heterocycles. The predicted molar refractivity (Wildman–Crippen MR) is 84.5 cm³/mol.